The molecule has 76 valence electrons. The van der Waals surface area contributed by atoms with E-state index in [0.717, 1.165) is 11.2 Å². The van der Waals surface area contributed by atoms with Gasteiger partial charge in [0.1, 0.15) is 12.1 Å². The van der Waals surface area contributed by atoms with E-state index in [2.05, 4.69) is 0 Å². The monoisotopic (exact) mass is 212 g/mol. The van der Waals surface area contributed by atoms with Crippen LogP contribution in [0, 0.1) is 5.82 Å². The van der Waals surface area contributed by atoms with Gasteiger partial charge in [0.15, 0.2) is 0 Å². The smallest absolute Gasteiger partial charge is 0.126 e. The van der Waals surface area contributed by atoms with E-state index in [1.54, 1.807) is 17.8 Å². The van der Waals surface area contributed by atoms with E-state index < -0.39 is 0 Å². The van der Waals surface area contributed by atoms with Crippen molar-refractivity contribution in [1.29, 1.82) is 0 Å². The third-order valence-electron chi connectivity index (χ3n) is 2.18. The summed E-state index contributed by atoms with van der Waals surface area (Å²) in [5.74, 6) is -0.267. The molecule has 1 rings (SSSR count). The molecule has 0 heterocycles. The molecule has 0 bridgehead atoms. The van der Waals surface area contributed by atoms with Crippen molar-refractivity contribution in [2.75, 3.05) is 6.26 Å². The topological polar surface area (TPSA) is 17.1 Å². The zero-order valence-electron chi connectivity index (χ0n) is 8.29. The van der Waals surface area contributed by atoms with Crippen LogP contribution in [0.1, 0.15) is 24.8 Å². The van der Waals surface area contributed by atoms with Gasteiger partial charge in [0.05, 0.1) is 0 Å². The van der Waals surface area contributed by atoms with Crippen LogP contribution in [-0.2, 0) is 4.79 Å². The van der Waals surface area contributed by atoms with Crippen LogP contribution in [0.2, 0.25) is 0 Å². The van der Waals surface area contributed by atoms with Gasteiger partial charge in [0.25, 0.3) is 0 Å². The lowest BCUT2D eigenvalue weighted by Gasteiger charge is -2.10. The van der Waals surface area contributed by atoms with E-state index in [-0.39, 0.29) is 11.7 Å². The summed E-state index contributed by atoms with van der Waals surface area (Å²) >= 11 is 1.57. The third kappa shape index (κ3) is 2.58. The molecule has 1 aromatic carbocycles. The number of hydrogen-bond donors (Lipinski definition) is 0. The van der Waals surface area contributed by atoms with Crippen molar-refractivity contribution < 1.29 is 9.18 Å². The number of thioether (sulfide) groups is 1. The maximum Gasteiger partial charge on any atom is 0.126 e. The first-order chi connectivity index (χ1) is 6.69. The second-order valence-electron chi connectivity index (χ2n) is 3.19. The number of benzene rings is 1. The van der Waals surface area contributed by atoms with Gasteiger partial charge in [0.2, 0.25) is 0 Å². The summed E-state index contributed by atoms with van der Waals surface area (Å²) in [5, 5.41) is 0. The van der Waals surface area contributed by atoms with Crippen LogP contribution in [0.25, 0.3) is 0 Å². The van der Waals surface area contributed by atoms with E-state index in [0.29, 0.717) is 12.0 Å². The predicted octanol–water partition coefficient (Wildman–Crippen LogP) is 3.24. The minimum atomic E-state index is -0.225. The zero-order valence-corrected chi connectivity index (χ0v) is 9.10. The minimum Gasteiger partial charge on any atom is -0.303 e. The van der Waals surface area contributed by atoms with Gasteiger partial charge in [0, 0.05) is 11.3 Å². The molecule has 1 atom stereocenters. The van der Waals surface area contributed by atoms with Crippen molar-refractivity contribution in [3.05, 3.63) is 29.6 Å². The summed E-state index contributed by atoms with van der Waals surface area (Å²) in [6, 6.07) is 5.02. The molecule has 3 heteroatoms. The molecule has 0 aliphatic carbocycles. The first-order valence-electron chi connectivity index (χ1n) is 4.46. The van der Waals surface area contributed by atoms with Crippen molar-refractivity contribution in [3.63, 3.8) is 0 Å². The largest absolute Gasteiger partial charge is 0.303 e. The standard InChI is InChI=1S/C11H13FOS/c1-8(5-6-13)10-7-9(14-2)3-4-11(10)12/h3-4,6-8H,5H2,1-2H3. The summed E-state index contributed by atoms with van der Waals surface area (Å²) in [6.45, 7) is 1.86. The second-order valence-corrected chi connectivity index (χ2v) is 4.07. The van der Waals surface area contributed by atoms with Gasteiger partial charge in [-0.05, 0) is 35.9 Å². The average Bonchev–Trinajstić information content (AvgIpc) is 2.19. The molecule has 0 aliphatic heterocycles. The zero-order chi connectivity index (χ0) is 10.6. The van der Waals surface area contributed by atoms with Crippen molar-refractivity contribution >= 4 is 18.0 Å². The molecule has 14 heavy (non-hydrogen) atoms. The number of carbonyl (C=O) groups is 1. The Balaban J connectivity index is 2.98. The molecule has 0 aromatic heterocycles. The van der Waals surface area contributed by atoms with Gasteiger partial charge in [-0.3, -0.25) is 0 Å². The molecule has 0 radical (unpaired) electrons. The van der Waals surface area contributed by atoms with E-state index >= 15 is 0 Å². The first-order valence-corrected chi connectivity index (χ1v) is 5.68. The average molecular weight is 212 g/mol. The summed E-state index contributed by atoms with van der Waals surface area (Å²) in [7, 11) is 0. The maximum atomic E-state index is 13.4. The summed E-state index contributed by atoms with van der Waals surface area (Å²) in [6.07, 6.45) is 3.14. The number of carbonyl (C=O) groups excluding carboxylic acids is 1. The Kier molecular flexibility index (Phi) is 4.14. The van der Waals surface area contributed by atoms with Crippen LogP contribution < -0.4 is 0 Å². The quantitative estimate of drug-likeness (QED) is 0.563. The molecule has 0 saturated carbocycles. The number of halogens is 1. The molecule has 1 nitrogen and oxygen atoms in total. The van der Waals surface area contributed by atoms with Crippen molar-refractivity contribution in [2.45, 2.75) is 24.2 Å². The third-order valence-corrected chi connectivity index (χ3v) is 2.91. The highest BCUT2D eigenvalue weighted by Gasteiger charge is 2.10. The van der Waals surface area contributed by atoms with Gasteiger partial charge >= 0.3 is 0 Å². The molecular weight excluding hydrogens is 199 g/mol. The number of aldehydes is 1. The van der Waals surface area contributed by atoms with Crippen molar-refractivity contribution in [2.24, 2.45) is 0 Å². The molecule has 0 amide bonds. The second kappa shape index (κ2) is 5.15. The van der Waals surface area contributed by atoms with Gasteiger partial charge in [-0.15, -0.1) is 11.8 Å². The summed E-state index contributed by atoms with van der Waals surface area (Å²) in [5.41, 5.74) is 0.629. The fourth-order valence-corrected chi connectivity index (χ4v) is 1.75. The van der Waals surface area contributed by atoms with Gasteiger partial charge < -0.3 is 4.79 Å². The Hall–Kier alpha value is -0.830. The summed E-state index contributed by atoms with van der Waals surface area (Å²) < 4.78 is 13.4. The molecule has 0 spiro atoms. The first kappa shape index (κ1) is 11.2. The van der Waals surface area contributed by atoms with Crippen molar-refractivity contribution in [1.82, 2.24) is 0 Å². The minimum absolute atomic E-state index is 0.0420. The highest BCUT2D eigenvalue weighted by molar-refractivity contribution is 7.98. The van der Waals surface area contributed by atoms with Crippen LogP contribution >= 0.6 is 11.8 Å². The highest BCUT2D eigenvalue weighted by Crippen LogP contribution is 2.25. The highest BCUT2D eigenvalue weighted by atomic mass is 32.2. The number of hydrogen-bond acceptors (Lipinski definition) is 2. The molecule has 0 aliphatic rings. The van der Waals surface area contributed by atoms with Crippen LogP contribution in [-0.4, -0.2) is 12.5 Å². The lowest BCUT2D eigenvalue weighted by Crippen LogP contribution is -1.98. The molecule has 0 N–H and O–H groups in total. The predicted molar refractivity (Wildman–Crippen MR) is 57.3 cm³/mol. The Morgan fingerprint density at radius 2 is 2.29 bits per heavy atom. The summed E-state index contributed by atoms with van der Waals surface area (Å²) in [4.78, 5) is 11.4. The van der Waals surface area contributed by atoms with E-state index in [1.807, 2.05) is 19.2 Å². The van der Waals surface area contributed by atoms with Gasteiger partial charge in [-0.1, -0.05) is 6.92 Å². The Labute approximate surface area is 87.7 Å². The van der Waals surface area contributed by atoms with E-state index in [4.69, 9.17) is 0 Å². The Morgan fingerprint density at radius 1 is 1.57 bits per heavy atom. The Morgan fingerprint density at radius 3 is 2.86 bits per heavy atom. The van der Waals surface area contributed by atoms with Crippen LogP contribution in [0.3, 0.4) is 0 Å². The van der Waals surface area contributed by atoms with E-state index in [1.165, 1.54) is 6.07 Å². The van der Waals surface area contributed by atoms with Gasteiger partial charge in [-0.25, -0.2) is 4.39 Å². The fourth-order valence-electron chi connectivity index (χ4n) is 1.30. The van der Waals surface area contributed by atoms with Crippen molar-refractivity contribution in [3.8, 4) is 0 Å². The SMILES string of the molecule is CSc1ccc(F)c(C(C)CC=O)c1. The van der Waals surface area contributed by atoms with Gasteiger partial charge in [-0.2, -0.15) is 0 Å². The molecule has 1 unspecified atom stereocenters. The van der Waals surface area contributed by atoms with Crippen LogP contribution in [0.15, 0.2) is 23.1 Å². The fraction of sp³-hybridized carbons (Fsp3) is 0.364. The lowest BCUT2D eigenvalue weighted by molar-refractivity contribution is -0.108. The normalized spacial score (nSPS) is 12.5. The number of rotatable bonds is 4. The van der Waals surface area contributed by atoms with E-state index in [9.17, 15) is 9.18 Å². The molecule has 1 aromatic rings. The molecular formula is C11H13FOS. The molecule has 0 saturated heterocycles. The lowest BCUT2D eigenvalue weighted by atomic mass is 9.98. The Bertz CT molecular complexity index is 325. The molecule has 0 fully saturated rings. The van der Waals surface area contributed by atoms with Crippen LogP contribution in [0.5, 0.6) is 0 Å². The maximum absolute atomic E-state index is 13.4. The van der Waals surface area contributed by atoms with Crippen LogP contribution in [0.4, 0.5) is 4.39 Å².